The molecule has 1 fully saturated rings. The summed E-state index contributed by atoms with van der Waals surface area (Å²) in [5.74, 6) is -1.19. The molecule has 5 nitrogen and oxygen atoms in total. The van der Waals surface area contributed by atoms with Crippen molar-refractivity contribution in [2.45, 2.75) is 46.6 Å². The van der Waals surface area contributed by atoms with Gasteiger partial charge in [-0.2, -0.15) is 0 Å². The summed E-state index contributed by atoms with van der Waals surface area (Å²) in [5, 5.41) is 9.15. The fourth-order valence-corrected chi connectivity index (χ4v) is 2.30. The van der Waals surface area contributed by atoms with Gasteiger partial charge in [-0.05, 0) is 32.6 Å². The zero-order chi connectivity index (χ0) is 14.1. The first kappa shape index (κ1) is 14.8. The first-order valence-electron chi connectivity index (χ1n) is 6.24. The molecule has 1 saturated heterocycles. The Bertz CT molecular complexity index is 343. The molecule has 5 heteroatoms. The van der Waals surface area contributed by atoms with E-state index in [-0.39, 0.29) is 6.09 Å². The molecule has 104 valence electrons. The van der Waals surface area contributed by atoms with Crippen LogP contribution < -0.4 is 0 Å². The van der Waals surface area contributed by atoms with Crippen molar-refractivity contribution < 1.29 is 19.4 Å². The summed E-state index contributed by atoms with van der Waals surface area (Å²) < 4.78 is 5.31. The number of piperidine rings is 1. The second kappa shape index (κ2) is 4.78. The van der Waals surface area contributed by atoms with E-state index in [1.807, 2.05) is 34.6 Å². The predicted octanol–water partition coefficient (Wildman–Crippen LogP) is 2.35. The van der Waals surface area contributed by atoms with Crippen molar-refractivity contribution in [3.63, 3.8) is 0 Å². The number of carbonyl (C=O) groups is 2. The molecule has 0 aliphatic carbocycles. The highest BCUT2D eigenvalue weighted by Crippen LogP contribution is 2.35. The third-order valence-corrected chi connectivity index (χ3v) is 3.18. The van der Waals surface area contributed by atoms with Crippen LogP contribution in [0.25, 0.3) is 0 Å². The minimum atomic E-state index is -0.788. The molecule has 1 N–H and O–H groups in total. The number of likely N-dealkylation sites (tertiary alicyclic amines) is 1. The Morgan fingerprint density at radius 1 is 1.33 bits per heavy atom. The topological polar surface area (TPSA) is 66.8 Å². The van der Waals surface area contributed by atoms with E-state index in [4.69, 9.17) is 9.84 Å². The van der Waals surface area contributed by atoms with Gasteiger partial charge in [-0.3, -0.25) is 4.79 Å². The van der Waals surface area contributed by atoms with Gasteiger partial charge in [-0.25, -0.2) is 4.79 Å². The summed E-state index contributed by atoms with van der Waals surface area (Å²) >= 11 is 0. The van der Waals surface area contributed by atoms with Gasteiger partial charge >= 0.3 is 12.1 Å². The molecule has 0 aromatic rings. The number of amides is 1. The van der Waals surface area contributed by atoms with Crippen LogP contribution >= 0.6 is 0 Å². The van der Waals surface area contributed by atoms with Crippen LogP contribution in [0.4, 0.5) is 4.79 Å². The second-order valence-corrected chi connectivity index (χ2v) is 6.57. The largest absolute Gasteiger partial charge is 0.481 e. The third-order valence-electron chi connectivity index (χ3n) is 3.18. The third kappa shape index (κ3) is 3.62. The van der Waals surface area contributed by atoms with Crippen LogP contribution in [0.15, 0.2) is 0 Å². The minimum absolute atomic E-state index is 0.362. The number of rotatable bonds is 1. The van der Waals surface area contributed by atoms with Crippen LogP contribution in [-0.4, -0.2) is 40.8 Å². The Labute approximate surface area is 108 Å². The van der Waals surface area contributed by atoms with Gasteiger partial charge in [0.25, 0.3) is 0 Å². The van der Waals surface area contributed by atoms with Crippen LogP contribution in [0.2, 0.25) is 0 Å². The van der Waals surface area contributed by atoms with Gasteiger partial charge < -0.3 is 14.7 Å². The van der Waals surface area contributed by atoms with Crippen molar-refractivity contribution >= 4 is 12.1 Å². The molecule has 0 radical (unpaired) electrons. The molecule has 1 aliphatic heterocycles. The van der Waals surface area contributed by atoms with E-state index in [1.165, 1.54) is 0 Å². The Morgan fingerprint density at radius 3 is 2.28 bits per heavy atom. The number of nitrogens with zero attached hydrogens (tertiary/aromatic N) is 1. The number of hydrogen-bond acceptors (Lipinski definition) is 3. The summed E-state index contributed by atoms with van der Waals surface area (Å²) in [6.07, 6.45) is 0.112. The average molecular weight is 257 g/mol. The Hall–Kier alpha value is -1.26. The van der Waals surface area contributed by atoms with Gasteiger partial charge in [0.2, 0.25) is 0 Å². The summed E-state index contributed by atoms with van der Waals surface area (Å²) in [4.78, 5) is 24.7. The maximum absolute atomic E-state index is 11.9. The number of carbonyl (C=O) groups excluding carboxylic acids is 1. The monoisotopic (exact) mass is 257 g/mol. The number of ether oxygens (including phenoxy) is 1. The first-order valence-corrected chi connectivity index (χ1v) is 6.24. The summed E-state index contributed by atoms with van der Waals surface area (Å²) in [5.41, 5.74) is -0.953. The van der Waals surface area contributed by atoms with E-state index in [2.05, 4.69) is 0 Å². The van der Waals surface area contributed by atoms with Gasteiger partial charge in [-0.15, -0.1) is 0 Å². The molecule has 1 aliphatic rings. The lowest BCUT2D eigenvalue weighted by Crippen LogP contribution is -2.51. The van der Waals surface area contributed by atoms with Gasteiger partial charge in [0.05, 0.1) is 5.92 Å². The number of carboxylic acids is 1. The van der Waals surface area contributed by atoms with E-state index in [0.717, 1.165) is 0 Å². The number of carboxylic acid groups (broad SMARTS) is 1. The molecule has 1 amide bonds. The van der Waals surface area contributed by atoms with Crippen molar-refractivity contribution in [3.8, 4) is 0 Å². The first-order chi connectivity index (χ1) is 8.03. The molecule has 0 unspecified atom stereocenters. The van der Waals surface area contributed by atoms with Crippen LogP contribution in [0.5, 0.6) is 0 Å². The normalized spacial score (nSPS) is 23.6. The lowest BCUT2D eigenvalue weighted by molar-refractivity contribution is -0.148. The molecular weight excluding hydrogens is 234 g/mol. The van der Waals surface area contributed by atoms with Gasteiger partial charge in [-0.1, -0.05) is 13.8 Å². The molecule has 1 atom stereocenters. The molecule has 0 saturated carbocycles. The van der Waals surface area contributed by atoms with E-state index in [9.17, 15) is 9.59 Å². The van der Waals surface area contributed by atoms with E-state index in [1.54, 1.807) is 4.90 Å². The lowest BCUT2D eigenvalue weighted by Gasteiger charge is -2.42. The molecular formula is C13H23NO4. The number of aliphatic carboxylic acids is 1. The Balaban J connectivity index is 2.69. The average Bonchev–Trinajstić information content (AvgIpc) is 2.12. The highest BCUT2D eigenvalue weighted by molar-refractivity contribution is 5.73. The van der Waals surface area contributed by atoms with Crippen molar-refractivity contribution in [1.82, 2.24) is 4.90 Å². The predicted molar refractivity (Wildman–Crippen MR) is 67.3 cm³/mol. The quantitative estimate of drug-likeness (QED) is 0.783. The van der Waals surface area contributed by atoms with Gasteiger partial charge in [0, 0.05) is 13.1 Å². The maximum Gasteiger partial charge on any atom is 0.410 e. The zero-order valence-electron chi connectivity index (χ0n) is 11.8. The fraction of sp³-hybridized carbons (Fsp3) is 0.846. The van der Waals surface area contributed by atoms with Crippen molar-refractivity contribution in [3.05, 3.63) is 0 Å². The van der Waals surface area contributed by atoms with Crippen molar-refractivity contribution in [2.75, 3.05) is 13.1 Å². The van der Waals surface area contributed by atoms with Gasteiger partial charge in [0.15, 0.2) is 0 Å². The summed E-state index contributed by atoms with van der Waals surface area (Å²) in [6.45, 7) is 10.1. The summed E-state index contributed by atoms with van der Waals surface area (Å²) in [6, 6.07) is 0. The van der Waals surface area contributed by atoms with Crippen LogP contribution in [0, 0.1) is 11.3 Å². The lowest BCUT2D eigenvalue weighted by atomic mass is 9.74. The molecule has 1 heterocycles. The molecule has 1 rings (SSSR count). The van der Waals surface area contributed by atoms with Crippen LogP contribution in [-0.2, 0) is 9.53 Å². The maximum atomic E-state index is 11.9. The molecule has 0 aromatic carbocycles. The Kier molecular flexibility index (Phi) is 3.93. The van der Waals surface area contributed by atoms with Crippen molar-refractivity contribution in [2.24, 2.45) is 11.3 Å². The van der Waals surface area contributed by atoms with Crippen molar-refractivity contribution in [1.29, 1.82) is 0 Å². The second-order valence-electron chi connectivity index (χ2n) is 6.57. The molecule has 0 bridgehead atoms. The van der Waals surface area contributed by atoms with E-state index in [0.29, 0.717) is 19.5 Å². The highest BCUT2D eigenvalue weighted by Gasteiger charge is 2.42. The smallest absolute Gasteiger partial charge is 0.410 e. The minimum Gasteiger partial charge on any atom is -0.481 e. The SMILES string of the molecule is CC(C)(C)OC(=O)N1CC[C@@H](C(=O)O)C(C)(C)C1. The standard InChI is InChI=1S/C13H23NO4/c1-12(2,3)18-11(17)14-7-6-9(10(15)16)13(4,5)8-14/h9H,6-8H2,1-5H3,(H,15,16)/t9-/m0/s1. The zero-order valence-corrected chi connectivity index (χ0v) is 11.8. The van der Waals surface area contributed by atoms with Crippen LogP contribution in [0.1, 0.15) is 41.0 Å². The van der Waals surface area contributed by atoms with Gasteiger partial charge in [0.1, 0.15) is 5.60 Å². The summed E-state index contributed by atoms with van der Waals surface area (Å²) in [7, 11) is 0. The van der Waals surface area contributed by atoms with E-state index >= 15 is 0 Å². The Morgan fingerprint density at radius 2 is 1.89 bits per heavy atom. The molecule has 18 heavy (non-hydrogen) atoms. The fourth-order valence-electron chi connectivity index (χ4n) is 2.30. The van der Waals surface area contributed by atoms with Crippen LogP contribution in [0.3, 0.4) is 0 Å². The molecule has 0 spiro atoms. The van der Waals surface area contributed by atoms with E-state index < -0.39 is 22.9 Å². The highest BCUT2D eigenvalue weighted by atomic mass is 16.6. The number of hydrogen-bond donors (Lipinski definition) is 1. The molecule has 0 aromatic heterocycles.